The average Bonchev–Trinajstić information content (AvgIpc) is 3.32. The van der Waals surface area contributed by atoms with E-state index in [1.54, 1.807) is 19.2 Å². The minimum atomic E-state index is -0.213. The number of H-pyrrole nitrogens is 1. The number of rotatable bonds is 5. The average molecular weight is 519 g/mol. The van der Waals surface area contributed by atoms with Crippen LogP contribution in [0.3, 0.4) is 0 Å². The van der Waals surface area contributed by atoms with Crippen LogP contribution in [0.5, 0.6) is 11.5 Å². The fourth-order valence-corrected chi connectivity index (χ4v) is 6.48. The summed E-state index contributed by atoms with van der Waals surface area (Å²) in [6.07, 6.45) is 1.81. The molecular formula is C34H31FN2O2. The summed E-state index contributed by atoms with van der Waals surface area (Å²) in [7, 11) is 1.71. The summed E-state index contributed by atoms with van der Waals surface area (Å²) in [5.41, 5.74) is 9.76. The lowest BCUT2D eigenvalue weighted by atomic mass is 9.80. The van der Waals surface area contributed by atoms with Crippen molar-refractivity contribution in [3.05, 3.63) is 130 Å². The van der Waals surface area contributed by atoms with Crippen LogP contribution in [0.2, 0.25) is 0 Å². The minimum absolute atomic E-state index is 0.0102. The summed E-state index contributed by atoms with van der Waals surface area (Å²) >= 11 is 0. The van der Waals surface area contributed by atoms with E-state index in [0.29, 0.717) is 6.61 Å². The van der Waals surface area contributed by atoms with E-state index in [0.717, 1.165) is 47.5 Å². The van der Waals surface area contributed by atoms with Gasteiger partial charge in [-0.2, -0.15) is 0 Å². The number of benzene rings is 4. The highest BCUT2D eigenvalue weighted by atomic mass is 19.1. The lowest BCUT2D eigenvalue weighted by molar-refractivity contribution is 0.127. The van der Waals surface area contributed by atoms with E-state index in [4.69, 9.17) is 9.47 Å². The third kappa shape index (κ3) is 4.18. The lowest BCUT2D eigenvalue weighted by Gasteiger charge is -2.46. The number of aryl methyl sites for hydroxylation is 1. The molecule has 7 rings (SSSR count). The Bertz CT molecular complexity index is 1660. The highest BCUT2D eigenvalue weighted by Crippen LogP contribution is 2.49. The molecule has 0 bridgehead atoms. The Hall–Kier alpha value is -4.09. The molecular weight excluding hydrogens is 487 g/mol. The Labute approximate surface area is 228 Å². The van der Waals surface area contributed by atoms with E-state index in [2.05, 4.69) is 59.3 Å². The van der Waals surface area contributed by atoms with Crippen LogP contribution in [0, 0.1) is 12.7 Å². The first-order valence-electron chi connectivity index (χ1n) is 13.6. The largest absolute Gasteiger partial charge is 0.493 e. The number of nitrogens with zero attached hydrogens (tertiary/aromatic N) is 1. The Balaban J connectivity index is 1.34. The first kappa shape index (κ1) is 24.0. The maximum atomic E-state index is 14.0. The fourth-order valence-electron chi connectivity index (χ4n) is 6.48. The topological polar surface area (TPSA) is 37.5 Å². The maximum absolute atomic E-state index is 14.0. The molecule has 4 nitrogen and oxygen atoms in total. The molecule has 1 aromatic heterocycles. The van der Waals surface area contributed by atoms with Gasteiger partial charge in [-0.25, -0.2) is 4.39 Å². The van der Waals surface area contributed by atoms with E-state index in [1.165, 1.54) is 33.3 Å². The van der Waals surface area contributed by atoms with Crippen molar-refractivity contribution in [1.29, 1.82) is 0 Å². The summed E-state index contributed by atoms with van der Waals surface area (Å²) in [5, 5.41) is 1.27. The molecule has 2 aliphatic heterocycles. The number of methoxy groups -OCH3 is 1. The van der Waals surface area contributed by atoms with Crippen molar-refractivity contribution in [2.45, 2.75) is 38.5 Å². The number of fused-ring (bicyclic) bond motifs is 6. The molecule has 39 heavy (non-hydrogen) atoms. The molecule has 2 atom stereocenters. The molecule has 0 spiro atoms. The Morgan fingerprint density at radius 3 is 2.56 bits per heavy atom. The van der Waals surface area contributed by atoms with Gasteiger partial charge in [-0.15, -0.1) is 0 Å². The minimum Gasteiger partial charge on any atom is -0.493 e. The fraction of sp³-hybridized carbons (Fsp3) is 0.235. The van der Waals surface area contributed by atoms with Crippen LogP contribution in [-0.4, -0.2) is 23.5 Å². The van der Waals surface area contributed by atoms with Crippen molar-refractivity contribution in [3.63, 3.8) is 0 Å². The summed E-state index contributed by atoms with van der Waals surface area (Å²) in [4.78, 5) is 6.34. The second-order valence-electron chi connectivity index (χ2n) is 10.7. The van der Waals surface area contributed by atoms with Crippen LogP contribution < -0.4 is 9.47 Å². The van der Waals surface area contributed by atoms with Crippen LogP contribution in [0.4, 0.5) is 4.39 Å². The zero-order valence-corrected chi connectivity index (χ0v) is 22.2. The normalized spacial score (nSPS) is 18.3. The molecule has 2 unspecified atom stereocenters. The number of aromatic nitrogens is 1. The third-order valence-electron chi connectivity index (χ3n) is 8.34. The highest BCUT2D eigenvalue weighted by molar-refractivity contribution is 5.86. The molecule has 0 saturated carbocycles. The number of nitrogens with one attached hydrogen (secondary N) is 1. The Kier molecular flexibility index (Phi) is 5.89. The van der Waals surface area contributed by atoms with Gasteiger partial charge in [0.2, 0.25) is 0 Å². The van der Waals surface area contributed by atoms with Crippen LogP contribution in [0.25, 0.3) is 10.9 Å². The summed E-state index contributed by atoms with van der Waals surface area (Å²) < 4.78 is 26.1. The monoisotopic (exact) mass is 518 g/mol. The molecule has 1 N–H and O–H groups in total. The van der Waals surface area contributed by atoms with Crippen LogP contribution >= 0.6 is 0 Å². The molecule has 196 valence electrons. The van der Waals surface area contributed by atoms with E-state index >= 15 is 0 Å². The molecule has 0 amide bonds. The van der Waals surface area contributed by atoms with Gasteiger partial charge in [0.05, 0.1) is 13.2 Å². The smallest absolute Gasteiger partial charge is 0.162 e. The van der Waals surface area contributed by atoms with Gasteiger partial charge in [-0.3, -0.25) is 4.90 Å². The van der Waals surface area contributed by atoms with Crippen molar-refractivity contribution in [1.82, 2.24) is 9.88 Å². The highest BCUT2D eigenvalue weighted by Gasteiger charge is 2.41. The standard InChI is InChI=1S/C34H31FN2O2/c1-21-8-13-26-28-18-30-27-19-32(39-20-22-6-4-3-5-7-22)31(38-2)17-24(27)14-15-37(30)34(33(28)36-29(26)16-21)23-9-11-25(35)12-10-23/h3-13,16-17,19,30,34,36H,14-15,18,20H2,1-2H3. The number of aromatic amines is 1. The quantitative estimate of drug-likeness (QED) is 0.263. The molecule has 5 heteroatoms. The molecule has 0 saturated heterocycles. The number of hydrogen-bond acceptors (Lipinski definition) is 3. The van der Waals surface area contributed by atoms with Gasteiger partial charge in [0.1, 0.15) is 12.4 Å². The van der Waals surface area contributed by atoms with Gasteiger partial charge in [-0.1, -0.05) is 54.6 Å². The van der Waals surface area contributed by atoms with E-state index in [-0.39, 0.29) is 17.9 Å². The van der Waals surface area contributed by atoms with Gasteiger partial charge in [0.15, 0.2) is 11.5 Å². The van der Waals surface area contributed by atoms with Crippen molar-refractivity contribution in [2.24, 2.45) is 0 Å². The van der Waals surface area contributed by atoms with Gasteiger partial charge in [-0.05, 0) is 83.5 Å². The molecule has 0 radical (unpaired) electrons. The predicted molar refractivity (Wildman–Crippen MR) is 152 cm³/mol. The van der Waals surface area contributed by atoms with Crippen molar-refractivity contribution < 1.29 is 13.9 Å². The van der Waals surface area contributed by atoms with Crippen molar-refractivity contribution in [3.8, 4) is 11.5 Å². The van der Waals surface area contributed by atoms with Crippen LogP contribution in [-0.2, 0) is 19.4 Å². The first-order valence-corrected chi connectivity index (χ1v) is 13.6. The Morgan fingerprint density at radius 1 is 0.949 bits per heavy atom. The summed E-state index contributed by atoms with van der Waals surface area (Å²) in [5.74, 6) is 1.32. The molecule has 2 aliphatic rings. The van der Waals surface area contributed by atoms with Gasteiger partial charge in [0, 0.05) is 29.2 Å². The molecule has 3 heterocycles. The summed E-state index contributed by atoms with van der Waals surface area (Å²) in [6.45, 7) is 3.51. The van der Waals surface area contributed by atoms with E-state index in [9.17, 15) is 4.39 Å². The van der Waals surface area contributed by atoms with Crippen LogP contribution in [0.15, 0.2) is 84.9 Å². The SMILES string of the molecule is COc1cc2c(cc1OCc1ccccc1)C1Cc3c([nH]c4cc(C)ccc34)C(c3ccc(F)cc3)N1CC2. The van der Waals surface area contributed by atoms with E-state index < -0.39 is 0 Å². The summed E-state index contributed by atoms with van der Waals surface area (Å²) in [6, 6.07) is 28.4. The van der Waals surface area contributed by atoms with E-state index in [1.807, 2.05) is 30.3 Å². The maximum Gasteiger partial charge on any atom is 0.162 e. The molecule has 5 aromatic rings. The third-order valence-corrected chi connectivity index (χ3v) is 8.34. The Morgan fingerprint density at radius 2 is 1.77 bits per heavy atom. The zero-order valence-electron chi connectivity index (χ0n) is 22.2. The second-order valence-corrected chi connectivity index (χ2v) is 10.7. The lowest BCUT2D eigenvalue weighted by Crippen LogP contribution is -2.43. The number of ether oxygens (including phenoxy) is 2. The molecule has 4 aromatic carbocycles. The van der Waals surface area contributed by atoms with Gasteiger partial charge < -0.3 is 14.5 Å². The number of halogens is 1. The molecule has 0 fully saturated rings. The second kappa shape index (κ2) is 9.58. The number of hydrogen-bond donors (Lipinski definition) is 1. The van der Waals surface area contributed by atoms with Gasteiger partial charge >= 0.3 is 0 Å². The predicted octanol–water partition coefficient (Wildman–Crippen LogP) is 7.45. The molecule has 0 aliphatic carbocycles. The zero-order chi connectivity index (χ0) is 26.5. The van der Waals surface area contributed by atoms with Gasteiger partial charge in [0.25, 0.3) is 0 Å². The van der Waals surface area contributed by atoms with Crippen molar-refractivity contribution >= 4 is 10.9 Å². The van der Waals surface area contributed by atoms with Crippen molar-refractivity contribution in [2.75, 3.05) is 13.7 Å². The van der Waals surface area contributed by atoms with Crippen LogP contribution in [0.1, 0.15) is 51.2 Å². The first-order chi connectivity index (χ1) is 19.1.